The van der Waals surface area contributed by atoms with Crippen molar-refractivity contribution in [3.8, 4) is 28.7 Å². The third kappa shape index (κ3) is 5.79. The molecule has 1 aromatic carbocycles. The Balaban J connectivity index is 1.38. The molecule has 1 amide bonds. The molecule has 1 aliphatic heterocycles. The average molecular weight is 452 g/mol. The Morgan fingerprint density at radius 2 is 1.88 bits per heavy atom. The maximum absolute atomic E-state index is 12.2. The SMILES string of the molecule is COc1cccc(-c2cn(-c3cc(OC4CCN(C(=O)OC(C)(C)C)CC4)ncn3)cn2)c1. The normalized spacial score (nSPS) is 14.7. The van der Waals surface area contributed by atoms with E-state index in [-0.39, 0.29) is 12.2 Å². The van der Waals surface area contributed by atoms with Crippen LogP contribution in [-0.2, 0) is 4.74 Å². The maximum Gasteiger partial charge on any atom is 0.410 e. The predicted molar refractivity (Wildman–Crippen MR) is 123 cm³/mol. The molecule has 9 nitrogen and oxygen atoms in total. The first-order valence-corrected chi connectivity index (χ1v) is 11.0. The molecule has 1 saturated heterocycles. The number of carbonyl (C=O) groups excluding carboxylic acids is 1. The molecule has 3 aromatic rings. The van der Waals surface area contributed by atoms with Crippen LogP contribution in [0.2, 0.25) is 0 Å². The second-order valence-corrected chi connectivity index (χ2v) is 8.90. The lowest BCUT2D eigenvalue weighted by atomic mass is 10.1. The van der Waals surface area contributed by atoms with Crippen LogP contribution in [0.5, 0.6) is 11.6 Å². The third-order valence-electron chi connectivity index (χ3n) is 5.22. The molecule has 0 N–H and O–H groups in total. The highest BCUT2D eigenvalue weighted by atomic mass is 16.6. The lowest BCUT2D eigenvalue weighted by Crippen LogP contribution is -2.44. The molecule has 3 heterocycles. The van der Waals surface area contributed by atoms with E-state index < -0.39 is 5.60 Å². The van der Waals surface area contributed by atoms with Gasteiger partial charge in [0, 0.05) is 43.8 Å². The number of likely N-dealkylation sites (tertiary alicyclic amines) is 1. The molecular formula is C24H29N5O4. The van der Waals surface area contributed by atoms with Crippen LogP contribution in [0.15, 0.2) is 49.2 Å². The summed E-state index contributed by atoms with van der Waals surface area (Å²) in [7, 11) is 1.64. The number of rotatable bonds is 5. The van der Waals surface area contributed by atoms with Crippen LogP contribution >= 0.6 is 0 Å². The lowest BCUT2D eigenvalue weighted by Gasteiger charge is -2.33. The summed E-state index contributed by atoms with van der Waals surface area (Å²) in [6.45, 7) is 6.78. The minimum absolute atomic E-state index is 0.0263. The number of amides is 1. The van der Waals surface area contributed by atoms with E-state index in [1.807, 2.05) is 55.8 Å². The summed E-state index contributed by atoms with van der Waals surface area (Å²) in [5.41, 5.74) is 1.27. The van der Waals surface area contributed by atoms with Crippen LogP contribution in [0.1, 0.15) is 33.6 Å². The highest BCUT2D eigenvalue weighted by molar-refractivity contribution is 5.68. The zero-order valence-corrected chi connectivity index (χ0v) is 19.4. The summed E-state index contributed by atoms with van der Waals surface area (Å²) in [5.74, 6) is 1.93. The van der Waals surface area contributed by atoms with Gasteiger partial charge in [-0.05, 0) is 32.9 Å². The number of imidazole rings is 1. The molecule has 33 heavy (non-hydrogen) atoms. The minimum Gasteiger partial charge on any atom is -0.497 e. The van der Waals surface area contributed by atoms with Crippen LogP contribution in [0, 0.1) is 0 Å². The van der Waals surface area contributed by atoms with E-state index in [4.69, 9.17) is 14.2 Å². The topological polar surface area (TPSA) is 91.6 Å². The summed E-state index contributed by atoms with van der Waals surface area (Å²) in [6, 6.07) is 9.53. The Hall–Kier alpha value is -3.62. The fourth-order valence-electron chi connectivity index (χ4n) is 3.57. The molecule has 0 unspecified atom stereocenters. The largest absolute Gasteiger partial charge is 0.497 e. The van der Waals surface area contributed by atoms with Gasteiger partial charge in [0.1, 0.15) is 35.9 Å². The molecule has 0 saturated carbocycles. The molecule has 174 valence electrons. The number of benzene rings is 1. The summed E-state index contributed by atoms with van der Waals surface area (Å²) >= 11 is 0. The molecule has 2 aromatic heterocycles. The monoisotopic (exact) mass is 451 g/mol. The van der Waals surface area contributed by atoms with Gasteiger partial charge in [-0.25, -0.2) is 19.7 Å². The van der Waals surface area contributed by atoms with Crippen molar-refractivity contribution in [3.63, 3.8) is 0 Å². The molecule has 4 rings (SSSR count). The van der Waals surface area contributed by atoms with E-state index in [9.17, 15) is 4.79 Å². The Morgan fingerprint density at radius 3 is 2.61 bits per heavy atom. The predicted octanol–water partition coefficient (Wildman–Crippen LogP) is 4.12. The highest BCUT2D eigenvalue weighted by Gasteiger charge is 2.27. The van der Waals surface area contributed by atoms with E-state index in [0.29, 0.717) is 37.6 Å². The van der Waals surface area contributed by atoms with Crippen LogP contribution in [-0.4, -0.2) is 62.4 Å². The zero-order valence-electron chi connectivity index (χ0n) is 19.4. The van der Waals surface area contributed by atoms with Crippen LogP contribution in [0.25, 0.3) is 17.1 Å². The second kappa shape index (κ2) is 9.48. The molecular weight excluding hydrogens is 422 g/mol. The van der Waals surface area contributed by atoms with Gasteiger partial charge < -0.3 is 19.1 Å². The van der Waals surface area contributed by atoms with Gasteiger partial charge in [0.2, 0.25) is 5.88 Å². The second-order valence-electron chi connectivity index (χ2n) is 8.90. The Kier molecular flexibility index (Phi) is 6.48. The molecule has 1 fully saturated rings. The highest BCUT2D eigenvalue weighted by Crippen LogP contribution is 2.24. The molecule has 0 radical (unpaired) electrons. The van der Waals surface area contributed by atoms with Gasteiger partial charge in [-0.15, -0.1) is 0 Å². The Labute approximate surface area is 193 Å². The summed E-state index contributed by atoms with van der Waals surface area (Å²) in [5, 5.41) is 0. The fraction of sp³-hybridized carbons (Fsp3) is 0.417. The quantitative estimate of drug-likeness (QED) is 0.576. The van der Waals surface area contributed by atoms with Gasteiger partial charge in [0.25, 0.3) is 0 Å². The van der Waals surface area contributed by atoms with Gasteiger partial charge >= 0.3 is 6.09 Å². The standard InChI is InChI=1S/C24H29N5O4/c1-24(2,3)33-23(30)28-10-8-18(9-11-28)32-22-13-21(25-15-26-22)29-14-20(27-16-29)17-6-5-7-19(12-17)31-4/h5-7,12-16,18H,8-11H2,1-4H3. The van der Waals surface area contributed by atoms with Crippen LogP contribution in [0.3, 0.4) is 0 Å². The van der Waals surface area contributed by atoms with Crippen molar-refractivity contribution in [1.29, 1.82) is 0 Å². The number of nitrogens with zero attached hydrogens (tertiary/aromatic N) is 5. The summed E-state index contributed by atoms with van der Waals surface area (Å²) in [6.07, 6.45) is 6.21. The van der Waals surface area contributed by atoms with E-state index in [1.54, 1.807) is 24.4 Å². The smallest absolute Gasteiger partial charge is 0.410 e. The number of methoxy groups -OCH3 is 1. The number of aromatic nitrogens is 4. The van der Waals surface area contributed by atoms with Crippen molar-refractivity contribution >= 4 is 6.09 Å². The van der Waals surface area contributed by atoms with E-state index in [0.717, 1.165) is 17.0 Å². The number of piperidine rings is 1. The first-order valence-electron chi connectivity index (χ1n) is 11.0. The van der Waals surface area contributed by atoms with Gasteiger partial charge in [-0.1, -0.05) is 12.1 Å². The van der Waals surface area contributed by atoms with Crippen molar-refractivity contribution in [2.75, 3.05) is 20.2 Å². The van der Waals surface area contributed by atoms with Crippen molar-refractivity contribution in [2.45, 2.75) is 45.3 Å². The van der Waals surface area contributed by atoms with Gasteiger partial charge in [-0.3, -0.25) is 4.57 Å². The molecule has 9 heteroatoms. The summed E-state index contributed by atoms with van der Waals surface area (Å²) < 4.78 is 18.7. The molecule has 0 atom stereocenters. The maximum atomic E-state index is 12.2. The van der Waals surface area contributed by atoms with E-state index >= 15 is 0 Å². The molecule has 0 aliphatic carbocycles. The Bertz CT molecular complexity index is 1100. The van der Waals surface area contributed by atoms with Gasteiger partial charge in [0.15, 0.2) is 0 Å². The first kappa shape index (κ1) is 22.6. The number of hydrogen-bond donors (Lipinski definition) is 0. The average Bonchev–Trinajstić information content (AvgIpc) is 3.29. The molecule has 1 aliphatic rings. The van der Waals surface area contributed by atoms with Crippen molar-refractivity contribution in [2.24, 2.45) is 0 Å². The summed E-state index contributed by atoms with van der Waals surface area (Å²) in [4.78, 5) is 27.1. The first-order chi connectivity index (χ1) is 15.8. The Morgan fingerprint density at radius 1 is 1.09 bits per heavy atom. The van der Waals surface area contributed by atoms with E-state index in [1.165, 1.54) is 6.33 Å². The molecule has 0 spiro atoms. The van der Waals surface area contributed by atoms with Crippen molar-refractivity contribution in [1.82, 2.24) is 24.4 Å². The zero-order chi connectivity index (χ0) is 23.4. The van der Waals surface area contributed by atoms with Crippen molar-refractivity contribution < 1.29 is 19.0 Å². The third-order valence-corrected chi connectivity index (χ3v) is 5.22. The fourth-order valence-corrected chi connectivity index (χ4v) is 3.57. The number of ether oxygens (including phenoxy) is 3. The van der Waals surface area contributed by atoms with Gasteiger partial charge in [0.05, 0.1) is 12.8 Å². The van der Waals surface area contributed by atoms with Crippen LogP contribution in [0.4, 0.5) is 4.79 Å². The van der Waals surface area contributed by atoms with Crippen LogP contribution < -0.4 is 9.47 Å². The lowest BCUT2D eigenvalue weighted by molar-refractivity contribution is 0.0123. The van der Waals surface area contributed by atoms with E-state index in [2.05, 4.69) is 15.0 Å². The van der Waals surface area contributed by atoms with Gasteiger partial charge in [-0.2, -0.15) is 0 Å². The molecule has 0 bridgehead atoms. The number of carbonyl (C=O) groups is 1. The van der Waals surface area contributed by atoms with Crippen molar-refractivity contribution in [3.05, 3.63) is 49.2 Å². The number of hydrogen-bond acceptors (Lipinski definition) is 7. The minimum atomic E-state index is -0.498.